The van der Waals surface area contributed by atoms with E-state index < -0.39 is 32.4 Å². The monoisotopic (exact) mass is 566 g/mol. The molecule has 0 spiro atoms. The van der Waals surface area contributed by atoms with Crippen LogP contribution in [0.25, 0.3) is 10.2 Å². The highest BCUT2D eigenvalue weighted by Crippen LogP contribution is 2.34. The van der Waals surface area contributed by atoms with Gasteiger partial charge in [-0.3, -0.25) is 9.59 Å². The van der Waals surface area contributed by atoms with Crippen LogP contribution in [-0.4, -0.2) is 36.5 Å². The van der Waals surface area contributed by atoms with Gasteiger partial charge in [-0.1, -0.05) is 12.1 Å². The Morgan fingerprint density at radius 3 is 2.49 bits per heavy atom. The van der Waals surface area contributed by atoms with Gasteiger partial charge in [-0.25, -0.2) is 18.4 Å². The predicted molar refractivity (Wildman–Crippen MR) is 137 cm³/mol. The summed E-state index contributed by atoms with van der Waals surface area (Å²) in [5.74, 6) is -1.20. The molecule has 0 saturated heterocycles. The standard InChI is InChI=1S/C23H17F3N4O4S3/c1-12-6-7-13(20(31)29-15-5-3-4-14(9-15)23(24,25)26)8-17(12)30-21(32)16-10-35-19-18(16)27-11-28-22(19)36-37(2,33)34/h3-11H,1-2H3,(H,29,31)(H,30,32). The minimum Gasteiger partial charge on any atom is -0.322 e. The zero-order valence-electron chi connectivity index (χ0n) is 19.1. The molecule has 0 atom stereocenters. The molecule has 8 nitrogen and oxygen atoms in total. The van der Waals surface area contributed by atoms with Crippen LogP contribution in [0, 0.1) is 6.92 Å². The zero-order chi connectivity index (χ0) is 27.0. The van der Waals surface area contributed by atoms with Gasteiger partial charge in [0, 0.05) is 39.4 Å². The second-order valence-electron chi connectivity index (χ2n) is 7.81. The summed E-state index contributed by atoms with van der Waals surface area (Å²) in [6.45, 7) is 1.71. The molecule has 2 aromatic heterocycles. The molecule has 192 valence electrons. The van der Waals surface area contributed by atoms with Crippen LogP contribution in [0.3, 0.4) is 0 Å². The number of fused-ring (bicyclic) bond motifs is 1. The van der Waals surface area contributed by atoms with Crippen molar-refractivity contribution in [1.82, 2.24) is 9.97 Å². The number of carbonyl (C=O) groups excluding carboxylic acids is 2. The first kappa shape index (κ1) is 26.6. The number of hydrogen-bond donors (Lipinski definition) is 2. The first-order valence-electron chi connectivity index (χ1n) is 10.3. The predicted octanol–water partition coefficient (Wildman–Crippen LogP) is 5.57. The molecule has 37 heavy (non-hydrogen) atoms. The number of aryl methyl sites for hydroxylation is 1. The number of halogens is 3. The van der Waals surface area contributed by atoms with Crippen molar-refractivity contribution in [1.29, 1.82) is 0 Å². The Labute approximate surface area is 216 Å². The van der Waals surface area contributed by atoms with E-state index in [1.807, 2.05) is 0 Å². The Morgan fingerprint density at radius 1 is 1.03 bits per heavy atom. The number of hydrogen-bond acceptors (Lipinski definition) is 8. The Kier molecular flexibility index (Phi) is 7.26. The molecule has 0 aliphatic carbocycles. The van der Waals surface area contributed by atoms with Gasteiger partial charge in [-0.05, 0) is 42.8 Å². The van der Waals surface area contributed by atoms with Gasteiger partial charge in [0.2, 0.25) is 8.87 Å². The molecule has 0 aliphatic heterocycles. The number of rotatable bonds is 6. The topological polar surface area (TPSA) is 118 Å². The van der Waals surface area contributed by atoms with E-state index in [9.17, 15) is 31.2 Å². The largest absolute Gasteiger partial charge is 0.416 e. The fourth-order valence-corrected chi connectivity index (χ4v) is 6.36. The smallest absolute Gasteiger partial charge is 0.322 e. The highest BCUT2D eigenvalue weighted by molar-refractivity contribution is 8.71. The summed E-state index contributed by atoms with van der Waals surface area (Å²) in [6.07, 6.45) is -2.34. The summed E-state index contributed by atoms with van der Waals surface area (Å²) in [7, 11) is -2.88. The molecular weight excluding hydrogens is 549 g/mol. The molecule has 2 aromatic carbocycles. The number of alkyl halides is 3. The summed E-state index contributed by atoms with van der Waals surface area (Å²) in [5, 5.41) is 6.88. The van der Waals surface area contributed by atoms with Crippen molar-refractivity contribution in [3.63, 3.8) is 0 Å². The number of amides is 2. The van der Waals surface area contributed by atoms with Gasteiger partial charge in [0.15, 0.2) is 0 Å². The van der Waals surface area contributed by atoms with Crippen molar-refractivity contribution in [2.24, 2.45) is 0 Å². The zero-order valence-corrected chi connectivity index (χ0v) is 21.5. The Morgan fingerprint density at radius 2 is 1.78 bits per heavy atom. The first-order valence-corrected chi connectivity index (χ1v) is 14.4. The van der Waals surface area contributed by atoms with Crippen molar-refractivity contribution < 1.29 is 31.2 Å². The molecule has 2 heterocycles. The number of nitrogens with one attached hydrogen (secondary N) is 2. The summed E-state index contributed by atoms with van der Waals surface area (Å²) in [6, 6.07) is 8.73. The molecule has 2 amide bonds. The minimum absolute atomic E-state index is 0.0295. The van der Waals surface area contributed by atoms with E-state index in [1.165, 1.54) is 36.0 Å². The van der Waals surface area contributed by atoms with Gasteiger partial charge >= 0.3 is 6.18 Å². The van der Waals surface area contributed by atoms with E-state index in [1.54, 1.807) is 13.0 Å². The summed E-state index contributed by atoms with van der Waals surface area (Å²) in [4.78, 5) is 33.9. The second-order valence-corrected chi connectivity index (χ2v) is 13.0. The summed E-state index contributed by atoms with van der Waals surface area (Å²) < 4.78 is 62.7. The third-order valence-corrected chi connectivity index (χ3v) is 8.25. The number of anilines is 2. The van der Waals surface area contributed by atoms with E-state index >= 15 is 0 Å². The van der Waals surface area contributed by atoms with E-state index in [0.29, 0.717) is 26.7 Å². The lowest BCUT2D eigenvalue weighted by Gasteiger charge is -2.12. The molecule has 2 N–H and O–H groups in total. The van der Waals surface area contributed by atoms with E-state index in [-0.39, 0.29) is 27.4 Å². The maximum Gasteiger partial charge on any atom is 0.416 e. The molecule has 4 aromatic rings. The molecule has 0 unspecified atom stereocenters. The van der Waals surface area contributed by atoms with Crippen LogP contribution in [0.2, 0.25) is 0 Å². The fraction of sp³-hybridized carbons (Fsp3) is 0.130. The number of carbonyl (C=O) groups is 2. The maximum atomic E-state index is 13.0. The summed E-state index contributed by atoms with van der Waals surface area (Å²) in [5.41, 5.74) is 0.593. The second kappa shape index (κ2) is 10.1. The fourth-order valence-electron chi connectivity index (χ4n) is 3.26. The molecule has 4 rings (SSSR count). The van der Waals surface area contributed by atoms with Gasteiger partial charge in [0.05, 0.1) is 21.3 Å². The Bertz CT molecular complexity index is 1640. The van der Waals surface area contributed by atoms with Crippen LogP contribution >= 0.6 is 22.1 Å². The van der Waals surface area contributed by atoms with Crippen molar-refractivity contribution in [3.05, 3.63) is 76.4 Å². The summed E-state index contributed by atoms with van der Waals surface area (Å²) >= 11 is 1.12. The van der Waals surface area contributed by atoms with Gasteiger partial charge in [0.25, 0.3) is 11.8 Å². The number of nitrogens with zero attached hydrogens (tertiary/aromatic N) is 2. The molecule has 0 radical (unpaired) electrons. The molecule has 0 saturated carbocycles. The molecule has 0 bridgehead atoms. The first-order chi connectivity index (χ1) is 17.3. The average molecular weight is 567 g/mol. The third kappa shape index (κ3) is 6.26. The highest BCUT2D eigenvalue weighted by atomic mass is 33.1. The van der Waals surface area contributed by atoms with Gasteiger partial charge < -0.3 is 10.6 Å². The molecular formula is C23H17F3N4O4S3. The van der Waals surface area contributed by atoms with E-state index in [4.69, 9.17) is 0 Å². The van der Waals surface area contributed by atoms with Crippen molar-refractivity contribution in [2.75, 3.05) is 16.9 Å². The third-order valence-electron chi connectivity index (χ3n) is 4.99. The van der Waals surface area contributed by atoms with Gasteiger partial charge in [-0.15, -0.1) is 11.3 Å². The van der Waals surface area contributed by atoms with Gasteiger partial charge in [-0.2, -0.15) is 13.2 Å². The van der Waals surface area contributed by atoms with Crippen LogP contribution in [0.5, 0.6) is 0 Å². The molecule has 0 fully saturated rings. The van der Waals surface area contributed by atoms with Crippen LogP contribution in [0.15, 0.2) is 59.2 Å². The van der Waals surface area contributed by atoms with Crippen LogP contribution < -0.4 is 10.6 Å². The average Bonchev–Trinajstić information content (AvgIpc) is 3.24. The lowest BCUT2D eigenvalue weighted by atomic mass is 10.1. The van der Waals surface area contributed by atoms with Crippen LogP contribution in [0.4, 0.5) is 24.5 Å². The minimum atomic E-state index is -4.55. The van der Waals surface area contributed by atoms with E-state index in [2.05, 4.69) is 20.6 Å². The number of thiophene rings is 1. The van der Waals surface area contributed by atoms with Crippen molar-refractivity contribution in [2.45, 2.75) is 18.1 Å². The molecule has 0 aliphatic rings. The Hall–Kier alpha value is -3.49. The highest BCUT2D eigenvalue weighted by Gasteiger charge is 2.30. The van der Waals surface area contributed by atoms with Gasteiger partial charge in [0.1, 0.15) is 11.4 Å². The molecule has 14 heteroatoms. The normalized spacial score (nSPS) is 11.9. The van der Waals surface area contributed by atoms with Crippen molar-refractivity contribution in [3.8, 4) is 0 Å². The van der Waals surface area contributed by atoms with E-state index in [0.717, 1.165) is 29.7 Å². The number of benzene rings is 2. The Balaban J connectivity index is 1.56. The lowest BCUT2D eigenvalue weighted by Crippen LogP contribution is -2.16. The quantitative estimate of drug-likeness (QED) is 0.231. The van der Waals surface area contributed by atoms with Crippen molar-refractivity contribution >= 4 is 64.4 Å². The number of aromatic nitrogens is 2. The maximum absolute atomic E-state index is 13.0. The van der Waals surface area contributed by atoms with Crippen LogP contribution in [0.1, 0.15) is 31.8 Å². The SMILES string of the molecule is Cc1ccc(C(=O)Nc2cccc(C(F)(F)F)c2)cc1NC(=O)c1csc2c(SS(C)(=O)=O)ncnc12. The van der Waals surface area contributed by atoms with Crippen LogP contribution in [-0.2, 0) is 15.0 Å². The lowest BCUT2D eigenvalue weighted by molar-refractivity contribution is -0.137.